The van der Waals surface area contributed by atoms with Crippen molar-refractivity contribution >= 4 is 43.5 Å². The Morgan fingerprint density at radius 3 is 1.63 bits per heavy atom. The van der Waals surface area contributed by atoms with E-state index in [9.17, 15) is 19.8 Å². The third-order valence-corrected chi connectivity index (χ3v) is 6.36. The van der Waals surface area contributed by atoms with Crippen molar-refractivity contribution in [3.05, 3.63) is 107 Å². The van der Waals surface area contributed by atoms with Crippen LogP contribution < -0.4 is 5.73 Å². The van der Waals surface area contributed by atoms with Gasteiger partial charge < -0.3 is 15.9 Å². The first-order valence-electron chi connectivity index (χ1n) is 9.02. The zero-order valence-electron chi connectivity index (χ0n) is 16.1. The van der Waals surface area contributed by atoms with E-state index >= 15 is 0 Å². The minimum Gasteiger partial charge on any atom is -0.480 e. The Morgan fingerprint density at radius 1 is 0.800 bits per heavy atom. The van der Waals surface area contributed by atoms with Crippen LogP contribution in [-0.4, -0.2) is 53.7 Å². The summed E-state index contributed by atoms with van der Waals surface area (Å²) in [5.41, 5.74) is 8.77. The molecule has 3 aromatic carbocycles. The van der Waals surface area contributed by atoms with E-state index in [0.29, 0.717) is 0 Å². The third kappa shape index (κ3) is 4.99. The van der Waals surface area contributed by atoms with Crippen molar-refractivity contribution in [1.82, 2.24) is 0 Å². The van der Waals surface area contributed by atoms with Crippen LogP contribution >= 0.6 is 11.8 Å². The second-order valence-corrected chi connectivity index (χ2v) is 7.79. The topological polar surface area (TPSA) is 101 Å². The molecule has 0 aliphatic rings. The largest absolute Gasteiger partial charge is 0.480 e. The first-order valence-corrected chi connectivity index (χ1v) is 10.0. The molecule has 1 atom stereocenters. The van der Waals surface area contributed by atoms with E-state index in [2.05, 4.69) is 0 Å². The number of carboxylic acids is 2. The number of carbonyl (C=O) groups is 2. The molecule has 3 radical (unpaired) electrons. The summed E-state index contributed by atoms with van der Waals surface area (Å²) >= 11 is 1.43. The smallest absolute Gasteiger partial charge is 0.335 e. The van der Waals surface area contributed by atoms with E-state index in [1.165, 1.54) is 11.8 Å². The van der Waals surface area contributed by atoms with E-state index in [4.69, 9.17) is 5.73 Å². The second-order valence-electron chi connectivity index (χ2n) is 6.55. The molecule has 3 rings (SSSR count). The summed E-state index contributed by atoms with van der Waals surface area (Å²) in [6.07, 6.45) is 0. The monoisotopic (exact) mass is 476 g/mol. The summed E-state index contributed by atoms with van der Waals surface area (Å²) in [6.45, 7) is 0. The number of thioether (sulfide) groups is 1. The number of benzene rings is 3. The average molecular weight is 477 g/mol. The quantitative estimate of drug-likeness (QED) is 0.340. The fraction of sp³-hybridized carbons (Fsp3) is 0.130. The molecule has 3 aromatic rings. The van der Waals surface area contributed by atoms with Crippen LogP contribution in [0.2, 0.25) is 0 Å². The Morgan fingerprint density at radius 2 is 1.23 bits per heavy atom. The van der Waals surface area contributed by atoms with Crippen molar-refractivity contribution in [1.29, 1.82) is 0 Å². The first-order chi connectivity index (χ1) is 13.9. The molecule has 0 aliphatic heterocycles. The van der Waals surface area contributed by atoms with E-state index in [0.717, 1.165) is 16.7 Å². The van der Waals surface area contributed by atoms with Gasteiger partial charge in [-0.2, -0.15) is 0 Å². The standard InChI is InChI=1S/C23H21NO4S.Ga/c24-20(22(27)28)15-29-23(17-7-3-1-4-8-17,18-9-5-2-6-10-18)19-13-11-16(12-14-19)21(25)26;/h1-14,20H,15,24H2,(H,25,26)(H,27,28);. The Kier molecular flexibility index (Phi) is 8.37. The predicted molar refractivity (Wildman–Crippen MR) is 120 cm³/mol. The number of aromatic carboxylic acids is 1. The fourth-order valence-electron chi connectivity index (χ4n) is 3.23. The fourth-order valence-corrected chi connectivity index (χ4v) is 4.71. The molecular formula is C23H21GaNO4S. The summed E-state index contributed by atoms with van der Waals surface area (Å²) in [5, 5.41) is 18.5. The van der Waals surface area contributed by atoms with Crippen LogP contribution in [0, 0.1) is 0 Å². The van der Waals surface area contributed by atoms with Gasteiger partial charge in [-0.3, -0.25) is 4.79 Å². The van der Waals surface area contributed by atoms with Gasteiger partial charge in [0.1, 0.15) is 6.04 Å². The van der Waals surface area contributed by atoms with Crippen LogP contribution in [0.25, 0.3) is 0 Å². The van der Waals surface area contributed by atoms with Gasteiger partial charge in [-0.1, -0.05) is 72.8 Å². The molecule has 0 saturated carbocycles. The van der Waals surface area contributed by atoms with Crippen LogP contribution in [-0.2, 0) is 9.54 Å². The van der Waals surface area contributed by atoms with Gasteiger partial charge in [-0.15, -0.1) is 11.8 Å². The molecule has 151 valence electrons. The Hall–Kier alpha value is -2.45. The Balaban J connectivity index is 0.00000320. The van der Waals surface area contributed by atoms with Gasteiger partial charge in [0.2, 0.25) is 0 Å². The number of nitrogens with two attached hydrogens (primary N) is 1. The molecule has 0 fully saturated rings. The molecule has 1 unspecified atom stereocenters. The molecule has 30 heavy (non-hydrogen) atoms. The first kappa shape index (κ1) is 23.8. The molecule has 4 N–H and O–H groups in total. The molecule has 0 aromatic heterocycles. The van der Waals surface area contributed by atoms with E-state index < -0.39 is 22.7 Å². The minimum atomic E-state index is -1.06. The van der Waals surface area contributed by atoms with E-state index in [-0.39, 0.29) is 31.1 Å². The van der Waals surface area contributed by atoms with Crippen LogP contribution in [0.15, 0.2) is 84.9 Å². The van der Waals surface area contributed by atoms with Crippen LogP contribution in [0.3, 0.4) is 0 Å². The van der Waals surface area contributed by atoms with Crippen LogP contribution in [0.4, 0.5) is 0 Å². The average Bonchev–Trinajstić information content (AvgIpc) is 2.76. The Bertz CT molecular complexity index is 942. The molecule has 0 spiro atoms. The molecule has 0 saturated heterocycles. The third-order valence-electron chi connectivity index (χ3n) is 4.70. The maximum Gasteiger partial charge on any atom is 0.335 e. The number of aliphatic carboxylic acids is 1. The SMILES string of the molecule is NC(CSC(c1ccccc1)(c1ccccc1)c1ccc(C(=O)O)cc1)C(=O)O.[Ga]. The maximum atomic E-state index is 11.3. The van der Waals surface area contributed by atoms with Crippen molar-refractivity contribution in [3.8, 4) is 0 Å². The molecule has 0 amide bonds. The molecule has 0 bridgehead atoms. The summed E-state index contributed by atoms with van der Waals surface area (Å²) < 4.78 is -0.743. The van der Waals surface area contributed by atoms with Gasteiger partial charge in [0.15, 0.2) is 0 Å². The zero-order valence-corrected chi connectivity index (χ0v) is 19.4. The van der Waals surface area contributed by atoms with Crippen LogP contribution in [0.5, 0.6) is 0 Å². The summed E-state index contributed by atoms with van der Waals surface area (Å²) in [7, 11) is 0. The predicted octanol–water partition coefficient (Wildman–Crippen LogP) is 3.44. The molecular weight excluding hydrogens is 456 g/mol. The maximum absolute atomic E-state index is 11.3. The van der Waals surface area contributed by atoms with Crippen molar-refractivity contribution in [3.63, 3.8) is 0 Å². The van der Waals surface area contributed by atoms with Crippen LogP contribution in [0.1, 0.15) is 27.0 Å². The molecule has 0 aliphatic carbocycles. The van der Waals surface area contributed by atoms with Gasteiger partial charge in [0.05, 0.1) is 10.3 Å². The van der Waals surface area contributed by atoms with Gasteiger partial charge in [0, 0.05) is 25.5 Å². The number of carboxylic acid groups (broad SMARTS) is 2. The molecule has 0 heterocycles. The van der Waals surface area contributed by atoms with Gasteiger partial charge in [-0.25, -0.2) is 4.79 Å². The second kappa shape index (κ2) is 10.5. The van der Waals surface area contributed by atoms with Crippen molar-refractivity contribution in [2.24, 2.45) is 5.73 Å². The summed E-state index contributed by atoms with van der Waals surface area (Å²) in [5.74, 6) is -1.88. The van der Waals surface area contributed by atoms with E-state index in [1.807, 2.05) is 60.7 Å². The normalized spacial score (nSPS) is 11.9. The number of rotatable bonds is 8. The van der Waals surface area contributed by atoms with Gasteiger partial charge in [-0.05, 0) is 28.8 Å². The van der Waals surface area contributed by atoms with Crippen molar-refractivity contribution in [2.45, 2.75) is 10.8 Å². The van der Waals surface area contributed by atoms with Crippen molar-refractivity contribution < 1.29 is 19.8 Å². The van der Waals surface area contributed by atoms with E-state index in [1.54, 1.807) is 24.3 Å². The Labute approximate surface area is 192 Å². The zero-order chi connectivity index (χ0) is 20.9. The number of hydrogen-bond donors (Lipinski definition) is 3. The summed E-state index contributed by atoms with van der Waals surface area (Å²) in [6, 6.07) is 25.1. The van der Waals surface area contributed by atoms with Gasteiger partial charge in [0.25, 0.3) is 0 Å². The molecule has 5 nitrogen and oxygen atoms in total. The summed E-state index contributed by atoms with van der Waals surface area (Å²) in [4.78, 5) is 22.6. The molecule has 7 heteroatoms. The van der Waals surface area contributed by atoms with Gasteiger partial charge >= 0.3 is 11.9 Å². The van der Waals surface area contributed by atoms with Crippen molar-refractivity contribution in [2.75, 3.05) is 5.75 Å². The number of hydrogen-bond acceptors (Lipinski definition) is 4. The minimum absolute atomic E-state index is 0.